The zero-order valence-corrected chi connectivity index (χ0v) is 21.2. The number of esters is 1. The Bertz CT molecular complexity index is 977. The molecule has 1 saturated heterocycles. The quantitative estimate of drug-likeness (QED) is 0.305. The molecule has 2 aliphatic rings. The summed E-state index contributed by atoms with van der Waals surface area (Å²) in [5.41, 5.74) is 2.69. The van der Waals surface area contributed by atoms with Crippen LogP contribution in [0.3, 0.4) is 0 Å². The summed E-state index contributed by atoms with van der Waals surface area (Å²) in [6.07, 6.45) is 1.84. The first kappa shape index (κ1) is 23.9. The minimum atomic E-state index is -1.19. The van der Waals surface area contributed by atoms with Crippen molar-refractivity contribution in [3.8, 4) is 0 Å². The van der Waals surface area contributed by atoms with Crippen molar-refractivity contribution in [2.24, 2.45) is 11.8 Å². The minimum absolute atomic E-state index is 0.130. The van der Waals surface area contributed by atoms with Crippen LogP contribution in [0.25, 0.3) is 0 Å². The lowest BCUT2D eigenvalue weighted by Gasteiger charge is -2.20. The van der Waals surface area contributed by atoms with Crippen LogP contribution in [0, 0.1) is 11.8 Å². The normalized spacial score (nSPS) is 19.6. The second-order valence-electron chi connectivity index (χ2n) is 10.4. The van der Waals surface area contributed by atoms with E-state index in [-0.39, 0.29) is 19.0 Å². The molecule has 3 heterocycles. The summed E-state index contributed by atoms with van der Waals surface area (Å²) in [4.78, 5) is 19.4. The Labute approximate surface area is 196 Å². The first-order valence-corrected chi connectivity index (χ1v) is 15.6. The number of fused-ring (bicyclic) bond motifs is 1. The number of anilines is 1. The topological polar surface area (TPSA) is 89.7 Å². The Morgan fingerprint density at radius 2 is 2.00 bits per heavy atom. The van der Waals surface area contributed by atoms with Gasteiger partial charge >= 0.3 is 5.97 Å². The van der Waals surface area contributed by atoms with Crippen molar-refractivity contribution in [1.82, 2.24) is 14.8 Å². The fourth-order valence-corrected chi connectivity index (χ4v) is 5.07. The van der Waals surface area contributed by atoms with Gasteiger partial charge in [0.1, 0.15) is 12.5 Å². The van der Waals surface area contributed by atoms with E-state index in [1.807, 2.05) is 12.1 Å². The van der Waals surface area contributed by atoms with Crippen molar-refractivity contribution in [2.75, 3.05) is 31.2 Å². The van der Waals surface area contributed by atoms with Crippen LogP contribution in [0.1, 0.15) is 40.8 Å². The van der Waals surface area contributed by atoms with E-state index in [0.29, 0.717) is 25.3 Å². The average Bonchev–Trinajstić information content (AvgIpc) is 3.18. The molecule has 1 aliphatic carbocycles. The predicted molar refractivity (Wildman–Crippen MR) is 129 cm³/mol. The van der Waals surface area contributed by atoms with Gasteiger partial charge in [-0.15, -0.1) is 0 Å². The molecule has 0 amide bonds. The second kappa shape index (κ2) is 9.95. The number of aromatic nitrogens is 3. The molecule has 8 nitrogen and oxygen atoms in total. The highest BCUT2D eigenvalue weighted by Crippen LogP contribution is 2.46. The van der Waals surface area contributed by atoms with E-state index in [1.54, 1.807) is 17.7 Å². The molecule has 0 spiro atoms. The molecular weight excluding hydrogens is 436 g/mol. The summed E-state index contributed by atoms with van der Waals surface area (Å²) in [6, 6.07) is 6.89. The molecule has 180 valence electrons. The van der Waals surface area contributed by atoms with Crippen LogP contribution in [0.2, 0.25) is 25.7 Å². The van der Waals surface area contributed by atoms with Crippen LogP contribution in [0.15, 0.2) is 18.2 Å². The van der Waals surface area contributed by atoms with Crippen LogP contribution in [-0.2, 0) is 29.2 Å². The molecule has 2 fully saturated rings. The Hall–Kier alpha value is -2.23. The van der Waals surface area contributed by atoms with E-state index in [9.17, 15) is 9.90 Å². The number of carbonyl (C=O) groups excluding carboxylic acids is 1. The molecular formula is C24H36N4O4Si. The lowest BCUT2D eigenvalue weighted by atomic mass is 10.1. The van der Waals surface area contributed by atoms with Gasteiger partial charge in [0, 0.05) is 39.9 Å². The maximum absolute atomic E-state index is 12.3. The molecule has 0 radical (unpaired) electrons. The van der Waals surface area contributed by atoms with Gasteiger partial charge in [-0.05, 0) is 48.9 Å². The largest absolute Gasteiger partial charge is 0.461 e. The number of carbonyl (C=O) groups is 1. The van der Waals surface area contributed by atoms with Gasteiger partial charge in [0.15, 0.2) is 5.69 Å². The van der Waals surface area contributed by atoms with Crippen molar-refractivity contribution < 1.29 is 19.4 Å². The van der Waals surface area contributed by atoms with Crippen molar-refractivity contribution >= 4 is 19.9 Å². The fourth-order valence-electron chi connectivity index (χ4n) is 4.32. The summed E-state index contributed by atoms with van der Waals surface area (Å²) >= 11 is 0. The van der Waals surface area contributed by atoms with Crippen LogP contribution < -0.4 is 4.90 Å². The summed E-state index contributed by atoms with van der Waals surface area (Å²) in [6.45, 7) is 11.9. The van der Waals surface area contributed by atoms with Gasteiger partial charge in [-0.25, -0.2) is 14.5 Å². The number of rotatable bonds is 11. The zero-order valence-electron chi connectivity index (χ0n) is 20.2. The van der Waals surface area contributed by atoms with E-state index < -0.39 is 14.0 Å². The van der Waals surface area contributed by atoms with Gasteiger partial charge in [0.2, 0.25) is 0 Å². The highest BCUT2D eigenvalue weighted by molar-refractivity contribution is 6.76. The van der Waals surface area contributed by atoms with Crippen molar-refractivity contribution in [1.29, 1.82) is 0 Å². The molecule has 4 rings (SSSR count). The molecule has 1 aliphatic heterocycles. The van der Waals surface area contributed by atoms with E-state index in [2.05, 4.69) is 29.6 Å². The molecule has 33 heavy (non-hydrogen) atoms. The molecule has 1 saturated carbocycles. The smallest absolute Gasteiger partial charge is 0.358 e. The number of hydrogen-bond acceptors (Lipinski definition) is 7. The highest BCUT2D eigenvalue weighted by Gasteiger charge is 2.45. The maximum atomic E-state index is 12.3. The number of hydrogen-bond donors (Lipinski definition) is 1. The standard InChI is InChI=1S/C24H36N4O4Si/c1-5-32-24(30)21-12-20(28(26-21)16-31-8-9-33(2,3)4)11-17-6-7-23(25-22(17)15-29)27-13-18-10-19(18)14-27/h6-7,12,18-19,29H,5,8-11,13-16H2,1-4H3. The average molecular weight is 473 g/mol. The Morgan fingerprint density at radius 1 is 1.24 bits per heavy atom. The van der Waals surface area contributed by atoms with Gasteiger partial charge < -0.3 is 19.5 Å². The van der Waals surface area contributed by atoms with Crippen molar-refractivity contribution in [3.63, 3.8) is 0 Å². The van der Waals surface area contributed by atoms with Crippen LogP contribution in [-0.4, -0.2) is 60.2 Å². The monoisotopic (exact) mass is 472 g/mol. The third kappa shape index (κ3) is 6.02. The lowest BCUT2D eigenvalue weighted by Crippen LogP contribution is -2.23. The van der Waals surface area contributed by atoms with Gasteiger partial charge in [0.25, 0.3) is 0 Å². The number of piperidine rings is 1. The Morgan fingerprint density at radius 3 is 2.67 bits per heavy atom. The van der Waals surface area contributed by atoms with Crippen molar-refractivity contribution in [3.05, 3.63) is 40.8 Å². The van der Waals surface area contributed by atoms with E-state index in [0.717, 1.165) is 48.0 Å². The Kier molecular flexibility index (Phi) is 7.21. The molecule has 0 aromatic carbocycles. The second-order valence-corrected chi connectivity index (χ2v) is 16.0. The third-order valence-electron chi connectivity index (χ3n) is 6.44. The fraction of sp³-hybridized carbons (Fsp3) is 0.625. The molecule has 9 heteroatoms. The van der Waals surface area contributed by atoms with E-state index in [4.69, 9.17) is 14.5 Å². The summed E-state index contributed by atoms with van der Waals surface area (Å²) in [7, 11) is -1.19. The SMILES string of the molecule is CCOC(=O)c1cc(Cc2ccc(N3CC4CC4C3)nc2CO)n(COCC[Si](C)(C)C)n1. The molecule has 2 aromatic heterocycles. The third-order valence-corrected chi connectivity index (χ3v) is 8.14. The minimum Gasteiger partial charge on any atom is -0.461 e. The van der Waals surface area contributed by atoms with Crippen LogP contribution in [0.4, 0.5) is 5.82 Å². The van der Waals surface area contributed by atoms with Crippen LogP contribution >= 0.6 is 0 Å². The lowest BCUT2D eigenvalue weighted by molar-refractivity contribution is 0.0510. The molecule has 2 unspecified atom stereocenters. The summed E-state index contributed by atoms with van der Waals surface area (Å²) < 4.78 is 12.8. The number of ether oxygens (including phenoxy) is 2. The molecule has 2 aromatic rings. The first-order chi connectivity index (χ1) is 15.8. The number of nitrogens with zero attached hydrogens (tertiary/aromatic N) is 4. The molecule has 2 atom stereocenters. The summed E-state index contributed by atoms with van der Waals surface area (Å²) in [5, 5.41) is 14.5. The Balaban J connectivity index is 1.50. The number of aliphatic hydroxyl groups is 1. The van der Waals surface area contributed by atoms with Gasteiger partial charge in [-0.2, -0.15) is 5.10 Å². The first-order valence-electron chi connectivity index (χ1n) is 11.9. The summed E-state index contributed by atoms with van der Waals surface area (Å²) in [5.74, 6) is 2.13. The number of pyridine rings is 1. The van der Waals surface area contributed by atoms with E-state index in [1.165, 1.54) is 6.42 Å². The zero-order chi connectivity index (χ0) is 23.6. The van der Waals surface area contributed by atoms with Crippen molar-refractivity contribution in [2.45, 2.75) is 58.8 Å². The van der Waals surface area contributed by atoms with Gasteiger partial charge in [-0.3, -0.25) is 0 Å². The predicted octanol–water partition coefficient (Wildman–Crippen LogP) is 3.31. The van der Waals surface area contributed by atoms with Crippen LogP contribution in [0.5, 0.6) is 0 Å². The highest BCUT2D eigenvalue weighted by atomic mass is 28.3. The molecule has 0 bridgehead atoms. The molecule has 1 N–H and O–H groups in total. The maximum Gasteiger partial charge on any atom is 0.358 e. The van der Waals surface area contributed by atoms with E-state index >= 15 is 0 Å². The number of aliphatic hydroxyl groups excluding tert-OH is 1. The van der Waals surface area contributed by atoms with Gasteiger partial charge in [-0.1, -0.05) is 25.7 Å². The van der Waals surface area contributed by atoms with Gasteiger partial charge in [0.05, 0.1) is 18.9 Å².